The Morgan fingerprint density at radius 3 is 2.56 bits per heavy atom. The summed E-state index contributed by atoms with van der Waals surface area (Å²) in [5, 5.41) is 0. The van der Waals surface area contributed by atoms with Crippen LogP contribution in [0.2, 0.25) is 0 Å². The molecule has 84 valence electrons. The molecule has 1 fully saturated rings. The molecule has 1 heterocycles. The van der Waals surface area contributed by atoms with Crippen molar-refractivity contribution in [3.63, 3.8) is 0 Å². The van der Waals surface area contributed by atoms with Crippen LogP contribution in [0.5, 0.6) is 0 Å². The van der Waals surface area contributed by atoms with Gasteiger partial charge in [-0.05, 0) is 17.6 Å². The number of guanidine groups is 1. The molecule has 0 radical (unpaired) electrons. The van der Waals surface area contributed by atoms with E-state index in [0.717, 1.165) is 24.2 Å². The summed E-state index contributed by atoms with van der Waals surface area (Å²) in [5.41, 5.74) is 7.97. The summed E-state index contributed by atoms with van der Waals surface area (Å²) >= 11 is 0. The summed E-state index contributed by atoms with van der Waals surface area (Å²) in [6.45, 7) is 6.66. The van der Waals surface area contributed by atoms with Gasteiger partial charge in [-0.15, -0.1) is 0 Å². The van der Waals surface area contributed by atoms with Gasteiger partial charge in [-0.1, -0.05) is 36.9 Å². The molecule has 0 bridgehead atoms. The van der Waals surface area contributed by atoms with Crippen molar-refractivity contribution < 1.29 is 0 Å². The number of nitrogens with two attached hydrogens (primary N) is 1. The summed E-state index contributed by atoms with van der Waals surface area (Å²) in [6, 6.07) is 10.1. The van der Waals surface area contributed by atoms with E-state index >= 15 is 0 Å². The SMILES string of the molecule is C=C(CN=C(N)N1CCC1)c1ccccc1. The second kappa shape index (κ2) is 4.84. The third-order valence-electron chi connectivity index (χ3n) is 2.79. The molecule has 2 N–H and O–H groups in total. The van der Waals surface area contributed by atoms with Gasteiger partial charge in [0.25, 0.3) is 0 Å². The van der Waals surface area contributed by atoms with Crippen LogP contribution in [0.15, 0.2) is 41.9 Å². The number of hydrogen-bond donors (Lipinski definition) is 1. The molecule has 0 aliphatic carbocycles. The second-order valence-electron chi connectivity index (χ2n) is 3.98. The summed E-state index contributed by atoms with van der Waals surface area (Å²) in [6.07, 6.45) is 1.22. The largest absolute Gasteiger partial charge is 0.370 e. The molecule has 1 aromatic carbocycles. The minimum atomic E-state index is 0.576. The lowest BCUT2D eigenvalue weighted by Gasteiger charge is -2.31. The van der Waals surface area contributed by atoms with Crippen LogP contribution < -0.4 is 5.73 Å². The van der Waals surface area contributed by atoms with Crippen molar-refractivity contribution in [1.82, 2.24) is 4.90 Å². The lowest BCUT2D eigenvalue weighted by Crippen LogP contribution is -2.46. The smallest absolute Gasteiger partial charge is 0.191 e. The normalized spacial score (nSPS) is 15.8. The van der Waals surface area contributed by atoms with E-state index in [2.05, 4.69) is 16.5 Å². The lowest BCUT2D eigenvalue weighted by molar-refractivity contribution is 0.296. The van der Waals surface area contributed by atoms with E-state index in [1.54, 1.807) is 0 Å². The minimum absolute atomic E-state index is 0.576. The fourth-order valence-corrected chi connectivity index (χ4v) is 1.59. The molecule has 3 heteroatoms. The quantitative estimate of drug-likeness (QED) is 0.616. The van der Waals surface area contributed by atoms with Crippen LogP contribution in [0, 0.1) is 0 Å². The molecule has 0 atom stereocenters. The standard InChI is InChI=1S/C13H17N3/c1-11(12-6-3-2-4-7-12)10-15-13(14)16-8-5-9-16/h2-4,6-7H,1,5,8-10H2,(H2,14,15). The van der Waals surface area contributed by atoms with Gasteiger partial charge in [0, 0.05) is 13.1 Å². The number of aliphatic imine (C=N–C) groups is 1. The first kappa shape index (κ1) is 10.7. The molecule has 16 heavy (non-hydrogen) atoms. The maximum atomic E-state index is 5.84. The molecule has 3 nitrogen and oxygen atoms in total. The molecule has 0 saturated carbocycles. The van der Waals surface area contributed by atoms with Gasteiger partial charge in [0.05, 0.1) is 6.54 Å². The topological polar surface area (TPSA) is 41.6 Å². The van der Waals surface area contributed by atoms with E-state index in [9.17, 15) is 0 Å². The fraction of sp³-hybridized carbons (Fsp3) is 0.308. The average Bonchev–Trinajstić information content (AvgIpc) is 2.25. The van der Waals surface area contributed by atoms with Gasteiger partial charge in [-0.25, -0.2) is 4.99 Å². The number of hydrogen-bond acceptors (Lipinski definition) is 1. The Bertz CT molecular complexity index is 391. The van der Waals surface area contributed by atoms with Crippen molar-refractivity contribution in [2.45, 2.75) is 6.42 Å². The van der Waals surface area contributed by atoms with Crippen LogP contribution in [0.1, 0.15) is 12.0 Å². The van der Waals surface area contributed by atoms with Crippen LogP contribution >= 0.6 is 0 Å². The van der Waals surface area contributed by atoms with Gasteiger partial charge in [0.1, 0.15) is 0 Å². The predicted molar refractivity (Wildman–Crippen MR) is 68.2 cm³/mol. The third kappa shape index (κ3) is 2.42. The monoisotopic (exact) mass is 215 g/mol. The van der Waals surface area contributed by atoms with Gasteiger partial charge in [-0.2, -0.15) is 0 Å². The zero-order valence-electron chi connectivity index (χ0n) is 9.39. The van der Waals surface area contributed by atoms with Crippen molar-refractivity contribution in [1.29, 1.82) is 0 Å². The first-order valence-corrected chi connectivity index (χ1v) is 5.55. The van der Waals surface area contributed by atoms with Crippen LogP contribution in [-0.4, -0.2) is 30.5 Å². The van der Waals surface area contributed by atoms with Crippen molar-refractivity contribution in [2.24, 2.45) is 10.7 Å². The first-order valence-electron chi connectivity index (χ1n) is 5.55. The average molecular weight is 215 g/mol. The van der Waals surface area contributed by atoms with E-state index in [-0.39, 0.29) is 0 Å². The van der Waals surface area contributed by atoms with Crippen molar-refractivity contribution in [3.8, 4) is 0 Å². The summed E-state index contributed by atoms with van der Waals surface area (Å²) in [4.78, 5) is 6.42. The highest BCUT2D eigenvalue weighted by Crippen LogP contribution is 2.12. The van der Waals surface area contributed by atoms with Gasteiger partial charge in [-0.3, -0.25) is 0 Å². The van der Waals surface area contributed by atoms with Crippen molar-refractivity contribution >= 4 is 11.5 Å². The predicted octanol–water partition coefficient (Wildman–Crippen LogP) is 1.72. The van der Waals surface area contributed by atoms with Crippen LogP contribution in [0.3, 0.4) is 0 Å². The van der Waals surface area contributed by atoms with Gasteiger partial charge in [0.2, 0.25) is 0 Å². The van der Waals surface area contributed by atoms with Gasteiger partial charge < -0.3 is 10.6 Å². The van der Waals surface area contributed by atoms with E-state index in [1.807, 2.05) is 30.3 Å². The highest BCUT2D eigenvalue weighted by Gasteiger charge is 2.15. The molecule has 1 aliphatic rings. The molecule has 1 aromatic rings. The Balaban J connectivity index is 1.92. The Kier molecular flexibility index (Phi) is 3.25. The van der Waals surface area contributed by atoms with Crippen LogP contribution in [0.4, 0.5) is 0 Å². The summed E-state index contributed by atoms with van der Waals surface area (Å²) in [5.74, 6) is 0.642. The Labute approximate surface area is 96.3 Å². The fourth-order valence-electron chi connectivity index (χ4n) is 1.59. The van der Waals surface area contributed by atoms with Gasteiger partial charge >= 0.3 is 0 Å². The molecule has 1 aliphatic heterocycles. The van der Waals surface area contributed by atoms with E-state index < -0.39 is 0 Å². The zero-order chi connectivity index (χ0) is 11.4. The molecule has 2 rings (SSSR count). The first-order chi connectivity index (χ1) is 7.77. The minimum Gasteiger partial charge on any atom is -0.370 e. The number of benzene rings is 1. The van der Waals surface area contributed by atoms with Crippen LogP contribution in [0.25, 0.3) is 5.57 Å². The number of likely N-dealkylation sites (tertiary alicyclic amines) is 1. The maximum Gasteiger partial charge on any atom is 0.191 e. The molecule has 1 saturated heterocycles. The molecule has 0 unspecified atom stereocenters. The molecular formula is C13H17N3. The second-order valence-corrected chi connectivity index (χ2v) is 3.98. The molecule has 0 spiro atoms. The molecular weight excluding hydrogens is 198 g/mol. The van der Waals surface area contributed by atoms with Crippen molar-refractivity contribution in [2.75, 3.05) is 19.6 Å². The third-order valence-corrected chi connectivity index (χ3v) is 2.79. The Hall–Kier alpha value is -1.77. The molecule has 0 amide bonds. The van der Waals surface area contributed by atoms with E-state index in [1.165, 1.54) is 6.42 Å². The van der Waals surface area contributed by atoms with Crippen molar-refractivity contribution in [3.05, 3.63) is 42.5 Å². The maximum absolute atomic E-state index is 5.84. The van der Waals surface area contributed by atoms with E-state index in [4.69, 9.17) is 5.73 Å². The van der Waals surface area contributed by atoms with Gasteiger partial charge in [0.15, 0.2) is 5.96 Å². The highest BCUT2D eigenvalue weighted by molar-refractivity contribution is 5.80. The zero-order valence-corrected chi connectivity index (χ0v) is 9.39. The lowest BCUT2D eigenvalue weighted by atomic mass is 10.1. The summed E-state index contributed by atoms with van der Waals surface area (Å²) < 4.78 is 0. The highest BCUT2D eigenvalue weighted by atomic mass is 15.3. The van der Waals surface area contributed by atoms with E-state index in [0.29, 0.717) is 12.5 Å². The number of nitrogens with zero attached hydrogens (tertiary/aromatic N) is 2. The Morgan fingerprint density at radius 2 is 2.00 bits per heavy atom. The summed E-state index contributed by atoms with van der Waals surface area (Å²) in [7, 11) is 0. The molecule has 0 aromatic heterocycles. The van der Waals surface area contributed by atoms with Crippen LogP contribution in [-0.2, 0) is 0 Å². The Morgan fingerprint density at radius 1 is 1.31 bits per heavy atom. The number of rotatable bonds is 3.